The molecular weight excluding hydrogens is 362 g/mol. The van der Waals surface area contributed by atoms with Crippen molar-refractivity contribution in [2.45, 2.75) is 53.4 Å². The summed E-state index contributed by atoms with van der Waals surface area (Å²) in [6, 6.07) is 27.0. The van der Waals surface area contributed by atoms with Crippen LogP contribution >= 0.6 is 0 Å². The summed E-state index contributed by atoms with van der Waals surface area (Å²) in [5.41, 5.74) is 8.32. The lowest BCUT2D eigenvalue weighted by atomic mass is 9.74. The predicted molar refractivity (Wildman–Crippen MR) is 135 cm³/mol. The summed E-state index contributed by atoms with van der Waals surface area (Å²) in [5.74, 6) is 1.24. The van der Waals surface area contributed by atoms with E-state index < -0.39 is 0 Å². The molecule has 0 aromatic heterocycles. The van der Waals surface area contributed by atoms with Gasteiger partial charge in [-0.15, -0.1) is 0 Å². The summed E-state index contributed by atoms with van der Waals surface area (Å²) in [5, 5.41) is 0. The molecule has 3 aromatic carbocycles. The van der Waals surface area contributed by atoms with E-state index in [1.165, 1.54) is 46.3 Å². The fraction of sp³-hybridized carbons (Fsp3) is 0.379. The van der Waals surface area contributed by atoms with Crippen LogP contribution in [0.4, 0.5) is 5.69 Å². The van der Waals surface area contributed by atoms with Crippen LogP contribution in [0.25, 0.3) is 11.1 Å². The summed E-state index contributed by atoms with van der Waals surface area (Å²) in [6.45, 7) is 10.4. The van der Waals surface area contributed by atoms with Crippen molar-refractivity contribution < 1.29 is 0 Å². The second kappa shape index (κ2) is 11.6. The van der Waals surface area contributed by atoms with Crippen molar-refractivity contribution >= 4 is 5.69 Å². The van der Waals surface area contributed by atoms with Crippen LogP contribution < -0.4 is 4.90 Å². The van der Waals surface area contributed by atoms with Crippen LogP contribution in [0.2, 0.25) is 0 Å². The van der Waals surface area contributed by atoms with E-state index in [-0.39, 0.29) is 0 Å². The molecular formula is C29H39N. The van der Waals surface area contributed by atoms with Gasteiger partial charge in [-0.1, -0.05) is 95.3 Å². The van der Waals surface area contributed by atoms with Gasteiger partial charge in [0.25, 0.3) is 0 Å². The van der Waals surface area contributed by atoms with E-state index in [4.69, 9.17) is 0 Å². The van der Waals surface area contributed by atoms with Gasteiger partial charge in [-0.05, 0) is 58.7 Å². The Morgan fingerprint density at radius 3 is 2.07 bits per heavy atom. The first-order chi connectivity index (χ1) is 14.6. The number of fused-ring (bicyclic) bond motifs is 1. The second-order valence-electron chi connectivity index (χ2n) is 7.86. The first-order valence-electron chi connectivity index (χ1n) is 11.6. The highest BCUT2D eigenvalue weighted by molar-refractivity contribution is 5.67. The van der Waals surface area contributed by atoms with Gasteiger partial charge in [-0.2, -0.15) is 0 Å². The van der Waals surface area contributed by atoms with Crippen molar-refractivity contribution in [3.63, 3.8) is 0 Å². The standard InChI is InChI=1S/C25H27N.2C2H6/c1-18-15-21-7-4-5-10-24(21)25(16-18)22-9-6-8-20(17-22)19-11-13-23(14-12-19)26(2)3;2*1-2/h4-14,17-18,25H,15-16H2,1-3H3;2*1-2H3/t18-,25-;;/m1../s1. The zero-order valence-corrected chi connectivity index (χ0v) is 19.9. The topological polar surface area (TPSA) is 3.24 Å². The molecule has 0 radical (unpaired) electrons. The van der Waals surface area contributed by atoms with E-state index >= 15 is 0 Å². The van der Waals surface area contributed by atoms with E-state index in [1.54, 1.807) is 0 Å². The molecule has 0 unspecified atom stereocenters. The number of hydrogen-bond donors (Lipinski definition) is 0. The Kier molecular flexibility index (Phi) is 9.17. The van der Waals surface area contributed by atoms with Crippen LogP contribution in [0.3, 0.4) is 0 Å². The first-order valence-corrected chi connectivity index (χ1v) is 11.6. The Hall–Kier alpha value is -2.54. The molecule has 0 spiro atoms. The molecule has 1 aliphatic carbocycles. The maximum absolute atomic E-state index is 2.39. The molecule has 0 amide bonds. The SMILES string of the molecule is CC.CC.C[C@@H]1Cc2ccccc2[C@@H](c2cccc(-c3ccc(N(C)C)cc3)c2)C1. The van der Waals surface area contributed by atoms with Gasteiger partial charge in [-0.3, -0.25) is 0 Å². The molecule has 0 fully saturated rings. The van der Waals surface area contributed by atoms with Gasteiger partial charge in [0.2, 0.25) is 0 Å². The summed E-state index contributed by atoms with van der Waals surface area (Å²) < 4.78 is 0. The molecule has 0 bridgehead atoms. The molecule has 1 nitrogen and oxygen atoms in total. The minimum Gasteiger partial charge on any atom is -0.378 e. The first kappa shape index (κ1) is 23.7. The minimum atomic E-state index is 0.510. The zero-order valence-electron chi connectivity index (χ0n) is 19.9. The largest absolute Gasteiger partial charge is 0.378 e. The van der Waals surface area contributed by atoms with Crippen molar-refractivity contribution in [1.82, 2.24) is 0 Å². The lowest BCUT2D eigenvalue weighted by Crippen LogP contribution is -2.17. The molecule has 4 rings (SSSR count). The van der Waals surface area contributed by atoms with Gasteiger partial charge in [0, 0.05) is 25.7 Å². The van der Waals surface area contributed by atoms with Crippen LogP contribution in [0.1, 0.15) is 63.6 Å². The Morgan fingerprint density at radius 2 is 1.40 bits per heavy atom. The monoisotopic (exact) mass is 401 g/mol. The van der Waals surface area contributed by atoms with Crippen LogP contribution in [0.5, 0.6) is 0 Å². The Labute approximate surface area is 184 Å². The van der Waals surface area contributed by atoms with Gasteiger partial charge < -0.3 is 4.90 Å². The summed E-state index contributed by atoms with van der Waals surface area (Å²) in [6.07, 6.45) is 2.44. The number of nitrogens with zero attached hydrogens (tertiary/aromatic N) is 1. The Balaban J connectivity index is 0.000000757. The number of anilines is 1. The average molecular weight is 402 g/mol. The number of hydrogen-bond acceptors (Lipinski definition) is 1. The third-order valence-corrected chi connectivity index (χ3v) is 5.64. The van der Waals surface area contributed by atoms with Gasteiger partial charge in [0.05, 0.1) is 0 Å². The third-order valence-electron chi connectivity index (χ3n) is 5.64. The third kappa shape index (κ3) is 5.53. The van der Waals surface area contributed by atoms with Crippen molar-refractivity contribution in [3.8, 4) is 11.1 Å². The van der Waals surface area contributed by atoms with E-state index in [0.717, 1.165) is 5.92 Å². The predicted octanol–water partition coefficient (Wildman–Crippen LogP) is 8.19. The van der Waals surface area contributed by atoms with Crippen molar-refractivity contribution in [1.29, 1.82) is 0 Å². The molecule has 3 aromatic rings. The summed E-state index contributed by atoms with van der Waals surface area (Å²) >= 11 is 0. The van der Waals surface area contributed by atoms with Crippen LogP contribution in [0.15, 0.2) is 72.8 Å². The highest BCUT2D eigenvalue weighted by Crippen LogP contribution is 2.40. The summed E-state index contributed by atoms with van der Waals surface area (Å²) in [4.78, 5) is 2.14. The average Bonchev–Trinajstić information content (AvgIpc) is 2.81. The van der Waals surface area contributed by atoms with Crippen molar-refractivity contribution in [3.05, 3.63) is 89.5 Å². The highest BCUT2D eigenvalue weighted by atomic mass is 15.1. The lowest BCUT2D eigenvalue weighted by Gasteiger charge is -2.30. The summed E-state index contributed by atoms with van der Waals surface area (Å²) in [7, 11) is 4.16. The van der Waals surface area contributed by atoms with Crippen LogP contribution in [-0.4, -0.2) is 14.1 Å². The second-order valence-corrected chi connectivity index (χ2v) is 7.86. The quantitative estimate of drug-likeness (QED) is 0.427. The van der Waals surface area contributed by atoms with Crippen molar-refractivity contribution in [2.24, 2.45) is 5.92 Å². The van der Waals surface area contributed by atoms with E-state index in [2.05, 4.69) is 98.7 Å². The molecule has 160 valence electrons. The van der Waals surface area contributed by atoms with Gasteiger partial charge in [-0.25, -0.2) is 0 Å². The van der Waals surface area contributed by atoms with Crippen LogP contribution in [-0.2, 0) is 6.42 Å². The molecule has 0 heterocycles. The Morgan fingerprint density at radius 1 is 0.733 bits per heavy atom. The van der Waals surface area contributed by atoms with Crippen LogP contribution in [0, 0.1) is 5.92 Å². The Bertz CT molecular complexity index is 892. The van der Waals surface area contributed by atoms with Gasteiger partial charge in [0.15, 0.2) is 0 Å². The number of benzene rings is 3. The molecule has 1 heteroatoms. The lowest BCUT2D eigenvalue weighted by molar-refractivity contribution is 0.464. The number of rotatable bonds is 3. The zero-order chi connectivity index (χ0) is 22.1. The molecule has 0 aliphatic heterocycles. The molecule has 1 aliphatic rings. The molecule has 2 atom stereocenters. The fourth-order valence-electron chi connectivity index (χ4n) is 4.25. The van der Waals surface area contributed by atoms with E-state index in [0.29, 0.717) is 5.92 Å². The van der Waals surface area contributed by atoms with Gasteiger partial charge >= 0.3 is 0 Å². The molecule has 30 heavy (non-hydrogen) atoms. The van der Waals surface area contributed by atoms with Gasteiger partial charge in [0.1, 0.15) is 0 Å². The molecule has 0 N–H and O–H groups in total. The fourth-order valence-corrected chi connectivity index (χ4v) is 4.25. The maximum Gasteiger partial charge on any atom is 0.0361 e. The highest BCUT2D eigenvalue weighted by Gasteiger charge is 2.25. The minimum absolute atomic E-state index is 0.510. The van der Waals surface area contributed by atoms with Crippen molar-refractivity contribution in [2.75, 3.05) is 19.0 Å². The maximum atomic E-state index is 2.39. The van der Waals surface area contributed by atoms with E-state index in [1.807, 2.05) is 27.7 Å². The van der Waals surface area contributed by atoms with E-state index in [9.17, 15) is 0 Å². The smallest absolute Gasteiger partial charge is 0.0361 e. The molecule has 0 saturated heterocycles. The normalized spacial score (nSPS) is 16.9. The molecule has 0 saturated carbocycles.